The van der Waals surface area contributed by atoms with Crippen molar-refractivity contribution in [3.8, 4) is 11.3 Å². The molecule has 0 radical (unpaired) electrons. The van der Waals surface area contributed by atoms with Crippen LogP contribution in [0.5, 0.6) is 0 Å². The van der Waals surface area contributed by atoms with E-state index in [1.807, 2.05) is 30.3 Å². The maximum absolute atomic E-state index is 13.8. The maximum Gasteiger partial charge on any atom is 0.263 e. The Labute approximate surface area is 254 Å². The molecule has 4 heterocycles. The zero-order valence-corrected chi connectivity index (χ0v) is 25.8. The number of hydrogen-bond donors (Lipinski definition) is 2. The molecule has 14 heteroatoms. The van der Waals surface area contributed by atoms with Gasteiger partial charge in [0.2, 0.25) is 0 Å². The second-order valence-corrected chi connectivity index (χ2v) is 14.6. The van der Waals surface area contributed by atoms with Crippen molar-refractivity contribution in [1.29, 1.82) is 0 Å². The van der Waals surface area contributed by atoms with Crippen LogP contribution < -0.4 is 10.0 Å². The van der Waals surface area contributed by atoms with Gasteiger partial charge in [-0.2, -0.15) is 5.10 Å². The molecule has 0 bridgehead atoms. The Hall–Kier alpha value is -4.69. The smallest absolute Gasteiger partial charge is 0.263 e. The topological polar surface area (TPSA) is 166 Å². The van der Waals surface area contributed by atoms with Crippen LogP contribution in [0.1, 0.15) is 40.0 Å². The van der Waals surface area contributed by atoms with E-state index >= 15 is 0 Å². The molecular formula is C30H29N7O5S2. The fraction of sp³-hybridized carbons (Fsp3) is 0.233. The van der Waals surface area contributed by atoms with Gasteiger partial charge in [0.25, 0.3) is 15.9 Å². The standard InChI is InChI=1S/C30H29N7O5S2/c1-18-15-27(32-20(3)31-18)36-44(41,42)24-11-9-22(10-12-24)33-30(38)25-16-26(21-7-5-4-6-8-21)34-29-28(25)19(2)35-37(29)23-13-14-43(39,40)17-23/h4-12,15-16,23H,13-14,17H2,1-3H3,(H,33,38)(H,31,32,36). The third-order valence-electron chi connectivity index (χ3n) is 7.33. The van der Waals surface area contributed by atoms with E-state index < -0.39 is 25.8 Å². The summed E-state index contributed by atoms with van der Waals surface area (Å²) in [5.41, 5.74) is 3.61. The molecule has 44 heavy (non-hydrogen) atoms. The Morgan fingerprint density at radius 1 is 0.955 bits per heavy atom. The van der Waals surface area contributed by atoms with E-state index in [9.17, 15) is 21.6 Å². The summed E-state index contributed by atoms with van der Waals surface area (Å²) in [4.78, 5) is 26.9. The second-order valence-electron chi connectivity index (χ2n) is 10.7. The fourth-order valence-electron chi connectivity index (χ4n) is 5.35. The van der Waals surface area contributed by atoms with Crippen molar-refractivity contribution in [3.63, 3.8) is 0 Å². The molecular weight excluding hydrogens is 603 g/mol. The second kappa shape index (κ2) is 11.1. The van der Waals surface area contributed by atoms with Gasteiger partial charge in [-0.3, -0.25) is 9.52 Å². The van der Waals surface area contributed by atoms with Crippen molar-refractivity contribution in [3.05, 3.63) is 89.5 Å². The first-order chi connectivity index (χ1) is 20.9. The number of hydrogen-bond acceptors (Lipinski definition) is 9. The van der Waals surface area contributed by atoms with E-state index in [0.29, 0.717) is 51.6 Å². The number of nitrogens with zero attached hydrogens (tertiary/aromatic N) is 5. The summed E-state index contributed by atoms with van der Waals surface area (Å²) in [6.07, 6.45) is 0.415. The lowest BCUT2D eigenvalue weighted by Crippen LogP contribution is -2.16. The number of nitrogens with one attached hydrogen (secondary N) is 2. The Morgan fingerprint density at radius 3 is 2.34 bits per heavy atom. The number of aromatic nitrogens is 5. The van der Waals surface area contributed by atoms with Gasteiger partial charge in [0.05, 0.1) is 44.8 Å². The van der Waals surface area contributed by atoms with Gasteiger partial charge < -0.3 is 5.32 Å². The molecule has 1 aliphatic rings. The number of aryl methyl sites for hydroxylation is 3. The minimum absolute atomic E-state index is 0.00859. The van der Waals surface area contributed by atoms with Crippen molar-refractivity contribution in [2.24, 2.45) is 0 Å². The van der Waals surface area contributed by atoms with Crippen molar-refractivity contribution in [2.45, 2.75) is 38.1 Å². The van der Waals surface area contributed by atoms with Crippen LogP contribution in [0.3, 0.4) is 0 Å². The van der Waals surface area contributed by atoms with Gasteiger partial charge in [-0.05, 0) is 57.5 Å². The van der Waals surface area contributed by atoms with E-state index in [-0.39, 0.29) is 28.3 Å². The number of fused-ring (bicyclic) bond motifs is 1. The first-order valence-corrected chi connectivity index (χ1v) is 17.1. The van der Waals surface area contributed by atoms with Gasteiger partial charge in [-0.1, -0.05) is 30.3 Å². The predicted molar refractivity (Wildman–Crippen MR) is 167 cm³/mol. The van der Waals surface area contributed by atoms with Gasteiger partial charge in [-0.25, -0.2) is 36.5 Å². The lowest BCUT2D eigenvalue weighted by Gasteiger charge is -2.13. The summed E-state index contributed by atoms with van der Waals surface area (Å²) in [7, 11) is -7.13. The highest BCUT2D eigenvalue weighted by Gasteiger charge is 2.32. The minimum Gasteiger partial charge on any atom is -0.322 e. The average molecular weight is 632 g/mol. The van der Waals surface area contributed by atoms with Crippen LogP contribution >= 0.6 is 0 Å². The predicted octanol–water partition coefficient (Wildman–Crippen LogP) is 4.23. The summed E-state index contributed by atoms with van der Waals surface area (Å²) >= 11 is 0. The lowest BCUT2D eigenvalue weighted by molar-refractivity contribution is 0.102. The summed E-state index contributed by atoms with van der Waals surface area (Å²) in [6.45, 7) is 5.18. The molecule has 2 aromatic carbocycles. The molecule has 1 fully saturated rings. The van der Waals surface area contributed by atoms with Crippen molar-refractivity contribution >= 4 is 48.3 Å². The third-order valence-corrected chi connectivity index (χ3v) is 10.5. The number of carbonyl (C=O) groups is 1. The van der Waals surface area contributed by atoms with Crippen molar-refractivity contribution < 1.29 is 21.6 Å². The number of pyridine rings is 1. The average Bonchev–Trinajstić information content (AvgIpc) is 3.50. The van der Waals surface area contributed by atoms with E-state index in [4.69, 9.17) is 4.98 Å². The van der Waals surface area contributed by atoms with Gasteiger partial charge in [-0.15, -0.1) is 0 Å². The monoisotopic (exact) mass is 631 g/mol. The summed E-state index contributed by atoms with van der Waals surface area (Å²) in [5, 5.41) is 8.01. The molecule has 1 amide bonds. The van der Waals surface area contributed by atoms with Crippen LogP contribution in [0.2, 0.25) is 0 Å². The SMILES string of the molecule is Cc1cc(NS(=O)(=O)c2ccc(NC(=O)c3cc(-c4ccccc4)nc4c3c(C)nn4C3CCS(=O)(=O)C3)cc2)nc(C)n1. The first-order valence-electron chi connectivity index (χ1n) is 13.8. The fourth-order valence-corrected chi connectivity index (χ4v) is 8.04. The first kappa shape index (κ1) is 29.4. The van der Waals surface area contributed by atoms with Crippen LogP contribution in [0.25, 0.3) is 22.3 Å². The molecule has 6 rings (SSSR count). The number of sulfone groups is 1. The molecule has 226 valence electrons. The van der Waals surface area contributed by atoms with Crippen LogP contribution in [0, 0.1) is 20.8 Å². The number of benzene rings is 2. The molecule has 1 aliphatic heterocycles. The van der Waals surface area contributed by atoms with E-state index in [2.05, 4.69) is 25.1 Å². The van der Waals surface area contributed by atoms with E-state index in [0.717, 1.165) is 5.56 Å². The molecule has 1 saturated heterocycles. The Morgan fingerprint density at radius 2 is 1.68 bits per heavy atom. The van der Waals surface area contributed by atoms with E-state index in [1.54, 1.807) is 31.5 Å². The Balaban J connectivity index is 1.33. The van der Waals surface area contributed by atoms with Crippen molar-refractivity contribution in [1.82, 2.24) is 24.7 Å². The number of amides is 1. The molecule has 5 aromatic rings. The van der Waals surface area contributed by atoms with Crippen LogP contribution in [0.4, 0.5) is 11.5 Å². The largest absolute Gasteiger partial charge is 0.322 e. The molecule has 2 N–H and O–H groups in total. The Kier molecular flexibility index (Phi) is 7.41. The summed E-state index contributed by atoms with van der Waals surface area (Å²) in [6, 6.07) is 18.0. The van der Waals surface area contributed by atoms with Gasteiger partial charge in [0, 0.05) is 23.0 Å². The van der Waals surface area contributed by atoms with Gasteiger partial charge >= 0.3 is 0 Å². The molecule has 0 aliphatic carbocycles. The Bertz CT molecular complexity index is 2110. The zero-order valence-electron chi connectivity index (χ0n) is 24.1. The molecule has 0 spiro atoms. The van der Waals surface area contributed by atoms with Crippen LogP contribution in [-0.2, 0) is 19.9 Å². The van der Waals surface area contributed by atoms with Gasteiger partial charge in [0.1, 0.15) is 11.6 Å². The zero-order chi connectivity index (χ0) is 31.2. The number of carbonyl (C=O) groups excluding carboxylic acids is 1. The molecule has 3 aromatic heterocycles. The number of rotatable bonds is 7. The van der Waals surface area contributed by atoms with Gasteiger partial charge in [0.15, 0.2) is 15.5 Å². The molecule has 0 saturated carbocycles. The summed E-state index contributed by atoms with van der Waals surface area (Å²) in [5.74, 6) is 0.188. The van der Waals surface area contributed by atoms with Crippen LogP contribution in [-0.4, -0.2) is 59.0 Å². The lowest BCUT2D eigenvalue weighted by atomic mass is 10.0. The highest BCUT2D eigenvalue weighted by atomic mass is 32.2. The summed E-state index contributed by atoms with van der Waals surface area (Å²) < 4.78 is 54.6. The van der Waals surface area contributed by atoms with Crippen molar-refractivity contribution in [2.75, 3.05) is 21.5 Å². The highest BCUT2D eigenvalue weighted by molar-refractivity contribution is 7.92. The molecule has 1 unspecified atom stereocenters. The maximum atomic E-state index is 13.8. The molecule has 1 atom stereocenters. The molecule has 12 nitrogen and oxygen atoms in total. The number of anilines is 2. The normalized spacial score (nSPS) is 16.2. The minimum atomic E-state index is -3.94. The van der Waals surface area contributed by atoms with E-state index in [1.165, 1.54) is 30.3 Å². The third kappa shape index (κ3) is 5.90. The number of sulfonamides is 1. The quantitative estimate of drug-likeness (QED) is 0.267. The highest BCUT2D eigenvalue weighted by Crippen LogP contribution is 2.32. The van der Waals surface area contributed by atoms with Crippen LogP contribution in [0.15, 0.2) is 71.6 Å².